The predicted molar refractivity (Wildman–Crippen MR) is 95.3 cm³/mol. The van der Waals surface area contributed by atoms with Gasteiger partial charge in [0.15, 0.2) is 6.61 Å². The van der Waals surface area contributed by atoms with E-state index < -0.39 is 11.9 Å². The number of carbonyl (C=O) groups is 2. The Morgan fingerprint density at radius 1 is 1.33 bits per heavy atom. The molecule has 1 N–H and O–H groups in total. The highest BCUT2D eigenvalue weighted by Crippen LogP contribution is 2.26. The van der Waals surface area contributed by atoms with E-state index in [4.69, 9.17) is 9.26 Å². The van der Waals surface area contributed by atoms with Crippen LogP contribution in [0.15, 0.2) is 28.8 Å². The highest BCUT2D eigenvalue weighted by atomic mass is 16.5. The maximum Gasteiger partial charge on any atom is 0.308 e. The Hall–Kier alpha value is -2.90. The summed E-state index contributed by atoms with van der Waals surface area (Å²) >= 11 is 0. The Morgan fingerprint density at radius 2 is 2.07 bits per heavy atom. The number of hydrogen-bond donors (Lipinski definition) is 1. The first-order valence-corrected chi connectivity index (χ1v) is 9.07. The number of aliphatic carboxylic acids is 1. The number of rotatable bonds is 6. The number of carbonyl (C=O) groups excluding carboxylic acids is 1. The van der Waals surface area contributed by atoms with Gasteiger partial charge >= 0.3 is 5.97 Å². The van der Waals surface area contributed by atoms with Gasteiger partial charge < -0.3 is 19.3 Å². The standard InChI is InChI=1S/C19H23N3O5/c1-3-17-20-16(21-27-17)11-26-14-8-6-13(7-9-14)18(23)22-10-4-5-15(12(22)2)19(24)25/h6-9,12,15H,3-5,10-11H2,1-2H3,(H,24,25)/t12-,15-/m0/s1. The second-order valence-electron chi connectivity index (χ2n) is 6.60. The summed E-state index contributed by atoms with van der Waals surface area (Å²) in [5.41, 5.74) is 0.507. The van der Waals surface area contributed by atoms with Crippen molar-refractivity contribution < 1.29 is 24.0 Å². The van der Waals surface area contributed by atoms with E-state index in [1.807, 2.05) is 6.92 Å². The lowest BCUT2D eigenvalue weighted by Crippen LogP contribution is -2.49. The molecule has 0 aliphatic carbocycles. The number of hydrogen-bond acceptors (Lipinski definition) is 6. The van der Waals surface area contributed by atoms with Gasteiger partial charge in [0.2, 0.25) is 11.7 Å². The van der Waals surface area contributed by atoms with Crippen molar-refractivity contribution >= 4 is 11.9 Å². The molecule has 2 atom stereocenters. The third-order valence-electron chi connectivity index (χ3n) is 4.85. The number of nitrogens with zero attached hydrogens (tertiary/aromatic N) is 3. The van der Waals surface area contributed by atoms with Crippen LogP contribution in [0.3, 0.4) is 0 Å². The number of amides is 1. The summed E-state index contributed by atoms with van der Waals surface area (Å²) < 4.78 is 10.6. The fraction of sp³-hybridized carbons (Fsp3) is 0.474. The maximum absolute atomic E-state index is 12.8. The van der Waals surface area contributed by atoms with Crippen molar-refractivity contribution in [2.45, 2.75) is 45.8 Å². The predicted octanol–water partition coefficient (Wildman–Crippen LogP) is 2.54. The van der Waals surface area contributed by atoms with Gasteiger partial charge in [-0.15, -0.1) is 0 Å². The molecule has 0 saturated carbocycles. The van der Waals surface area contributed by atoms with Crippen molar-refractivity contribution in [2.75, 3.05) is 6.54 Å². The van der Waals surface area contributed by atoms with E-state index >= 15 is 0 Å². The molecule has 0 radical (unpaired) electrons. The Morgan fingerprint density at radius 3 is 2.70 bits per heavy atom. The molecule has 8 heteroatoms. The molecule has 1 aromatic carbocycles. The molecule has 0 unspecified atom stereocenters. The molecule has 1 saturated heterocycles. The van der Waals surface area contributed by atoms with Gasteiger partial charge in [0.05, 0.1) is 5.92 Å². The maximum atomic E-state index is 12.8. The Bertz CT molecular complexity index is 802. The molecule has 1 aliphatic rings. The van der Waals surface area contributed by atoms with Gasteiger partial charge in [0, 0.05) is 24.6 Å². The summed E-state index contributed by atoms with van der Waals surface area (Å²) in [6.07, 6.45) is 1.96. The molecular weight excluding hydrogens is 350 g/mol. The SMILES string of the molecule is CCc1nc(COc2ccc(C(=O)N3CCC[C@H](C(=O)O)[C@@H]3C)cc2)no1. The van der Waals surface area contributed by atoms with Crippen molar-refractivity contribution in [3.8, 4) is 5.75 Å². The number of carboxylic acid groups (broad SMARTS) is 1. The van der Waals surface area contributed by atoms with Crippen LogP contribution in [0.1, 0.15) is 48.8 Å². The van der Waals surface area contributed by atoms with E-state index in [0.29, 0.717) is 48.8 Å². The number of aryl methyl sites for hydroxylation is 1. The zero-order valence-electron chi connectivity index (χ0n) is 15.4. The molecule has 1 fully saturated rings. The molecule has 2 heterocycles. The average Bonchev–Trinajstić information content (AvgIpc) is 3.14. The number of likely N-dealkylation sites (tertiary alicyclic amines) is 1. The first-order valence-electron chi connectivity index (χ1n) is 9.07. The fourth-order valence-corrected chi connectivity index (χ4v) is 3.26. The van der Waals surface area contributed by atoms with Crippen molar-refractivity contribution in [3.63, 3.8) is 0 Å². The minimum absolute atomic E-state index is 0.161. The van der Waals surface area contributed by atoms with Crippen LogP contribution in [-0.4, -0.2) is 44.6 Å². The molecule has 27 heavy (non-hydrogen) atoms. The lowest BCUT2D eigenvalue weighted by molar-refractivity contribution is -0.144. The van der Waals surface area contributed by atoms with E-state index in [-0.39, 0.29) is 18.6 Å². The van der Waals surface area contributed by atoms with E-state index in [1.165, 1.54) is 0 Å². The van der Waals surface area contributed by atoms with Crippen LogP contribution >= 0.6 is 0 Å². The lowest BCUT2D eigenvalue weighted by Gasteiger charge is -2.37. The highest BCUT2D eigenvalue weighted by Gasteiger charge is 2.35. The quantitative estimate of drug-likeness (QED) is 0.829. The summed E-state index contributed by atoms with van der Waals surface area (Å²) in [7, 11) is 0. The summed E-state index contributed by atoms with van der Waals surface area (Å²) in [5, 5.41) is 13.1. The van der Waals surface area contributed by atoms with Crippen LogP contribution < -0.4 is 4.74 Å². The monoisotopic (exact) mass is 373 g/mol. The first kappa shape index (κ1) is 18.9. The van der Waals surface area contributed by atoms with Crippen molar-refractivity contribution in [3.05, 3.63) is 41.5 Å². The second kappa shape index (κ2) is 8.20. The van der Waals surface area contributed by atoms with Crippen LogP contribution in [0.5, 0.6) is 5.75 Å². The molecule has 0 bridgehead atoms. The molecule has 3 rings (SSSR count). The van der Waals surface area contributed by atoms with Crippen LogP contribution in [0.4, 0.5) is 0 Å². The number of benzene rings is 1. The van der Waals surface area contributed by atoms with Crippen molar-refractivity contribution in [2.24, 2.45) is 5.92 Å². The van der Waals surface area contributed by atoms with Crippen LogP contribution in [0, 0.1) is 5.92 Å². The zero-order valence-corrected chi connectivity index (χ0v) is 15.4. The van der Waals surface area contributed by atoms with Gasteiger partial charge in [-0.1, -0.05) is 12.1 Å². The largest absolute Gasteiger partial charge is 0.485 e. The molecule has 1 aromatic heterocycles. The zero-order chi connectivity index (χ0) is 19.4. The van der Waals surface area contributed by atoms with Gasteiger partial charge in [-0.05, 0) is 44.0 Å². The highest BCUT2D eigenvalue weighted by molar-refractivity contribution is 5.95. The van der Waals surface area contributed by atoms with Gasteiger partial charge in [-0.25, -0.2) is 0 Å². The third-order valence-corrected chi connectivity index (χ3v) is 4.85. The molecular formula is C19H23N3O5. The third kappa shape index (κ3) is 4.27. The van der Waals surface area contributed by atoms with Gasteiger partial charge in [-0.3, -0.25) is 9.59 Å². The molecule has 1 aliphatic heterocycles. The minimum atomic E-state index is -0.851. The topological polar surface area (TPSA) is 106 Å². The van der Waals surface area contributed by atoms with Crippen molar-refractivity contribution in [1.29, 1.82) is 0 Å². The van der Waals surface area contributed by atoms with Gasteiger partial charge in [0.25, 0.3) is 5.91 Å². The smallest absolute Gasteiger partial charge is 0.308 e. The number of piperidine rings is 1. The average molecular weight is 373 g/mol. The molecule has 0 spiro atoms. The van der Waals surface area contributed by atoms with Crippen LogP contribution in [0.25, 0.3) is 0 Å². The second-order valence-corrected chi connectivity index (χ2v) is 6.60. The lowest BCUT2D eigenvalue weighted by atomic mass is 9.90. The molecule has 144 valence electrons. The summed E-state index contributed by atoms with van der Waals surface area (Å²) in [5.74, 6) is 0.0821. The van der Waals surface area contributed by atoms with E-state index in [1.54, 1.807) is 36.1 Å². The number of carboxylic acids is 1. The van der Waals surface area contributed by atoms with Crippen LogP contribution in [-0.2, 0) is 17.8 Å². The Labute approximate surface area is 157 Å². The summed E-state index contributed by atoms with van der Waals surface area (Å²) in [6, 6.07) is 6.45. The molecule has 8 nitrogen and oxygen atoms in total. The fourth-order valence-electron chi connectivity index (χ4n) is 3.26. The van der Waals surface area contributed by atoms with E-state index in [2.05, 4.69) is 10.1 Å². The molecule has 1 amide bonds. The van der Waals surface area contributed by atoms with Crippen molar-refractivity contribution in [1.82, 2.24) is 15.0 Å². The number of ether oxygens (including phenoxy) is 1. The molecule has 2 aromatic rings. The Kier molecular flexibility index (Phi) is 5.73. The summed E-state index contributed by atoms with van der Waals surface area (Å²) in [6.45, 7) is 4.47. The van der Waals surface area contributed by atoms with E-state index in [9.17, 15) is 14.7 Å². The van der Waals surface area contributed by atoms with Gasteiger partial charge in [-0.2, -0.15) is 4.98 Å². The Balaban J connectivity index is 1.62. The van der Waals surface area contributed by atoms with Gasteiger partial charge in [0.1, 0.15) is 5.75 Å². The first-order chi connectivity index (χ1) is 13.0. The van der Waals surface area contributed by atoms with E-state index in [0.717, 1.165) is 0 Å². The number of aromatic nitrogens is 2. The normalized spacial score (nSPS) is 19.7. The summed E-state index contributed by atoms with van der Waals surface area (Å²) in [4.78, 5) is 29.9. The minimum Gasteiger partial charge on any atom is -0.485 e. The van der Waals surface area contributed by atoms with Crippen LogP contribution in [0.2, 0.25) is 0 Å².